The Balaban J connectivity index is 0.00000225. The standard InChI is InChI=1S/C14H20ClN5O3S.ClH/c15-10-6-12(14(16)18-7-10)24(22,23)19-4-1-2-11(9-19)20-5-3-17-8-13(20)21;/h6-7,11,17H,1-5,8-9H2,(H2,16,18);1H. The van der Waals surface area contributed by atoms with Crippen LogP contribution in [0.5, 0.6) is 0 Å². The van der Waals surface area contributed by atoms with E-state index in [4.69, 9.17) is 17.3 Å². The first-order valence-electron chi connectivity index (χ1n) is 7.81. The van der Waals surface area contributed by atoms with Crippen molar-refractivity contribution < 1.29 is 13.2 Å². The average molecular weight is 410 g/mol. The van der Waals surface area contributed by atoms with Gasteiger partial charge in [-0.1, -0.05) is 11.6 Å². The molecule has 3 heterocycles. The van der Waals surface area contributed by atoms with E-state index in [1.54, 1.807) is 4.90 Å². The topological polar surface area (TPSA) is 109 Å². The summed E-state index contributed by atoms with van der Waals surface area (Å²) in [6.07, 6.45) is 2.80. The van der Waals surface area contributed by atoms with Crippen LogP contribution in [0.2, 0.25) is 5.02 Å². The highest BCUT2D eigenvalue weighted by Gasteiger charge is 2.36. The summed E-state index contributed by atoms with van der Waals surface area (Å²) in [4.78, 5) is 17.6. The van der Waals surface area contributed by atoms with Crippen LogP contribution in [0.4, 0.5) is 5.82 Å². The van der Waals surface area contributed by atoms with Gasteiger partial charge in [0.1, 0.15) is 10.7 Å². The predicted octanol–water partition coefficient (Wildman–Crippen LogP) is 0.324. The van der Waals surface area contributed by atoms with Gasteiger partial charge in [-0.05, 0) is 18.9 Å². The second kappa shape index (κ2) is 8.05. The number of piperidine rings is 1. The van der Waals surface area contributed by atoms with Gasteiger partial charge in [0.25, 0.3) is 0 Å². The SMILES string of the molecule is Cl.Nc1ncc(Cl)cc1S(=O)(=O)N1CCCC(N2CCNCC2=O)C1. The maximum Gasteiger partial charge on any atom is 0.246 e. The number of hydrogen-bond acceptors (Lipinski definition) is 6. The van der Waals surface area contributed by atoms with Crippen LogP contribution in [0.3, 0.4) is 0 Å². The van der Waals surface area contributed by atoms with E-state index in [2.05, 4.69) is 10.3 Å². The maximum absolute atomic E-state index is 12.9. The molecule has 1 aromatic rings. The smallest absolute Gasteiger partial charge is 0.246 e. The van der Waals surface area contributed by atoms with Crippen LogP contribution in [-0.2, 0) is 14.8 Å². The third kappa shape index (κ3) is 4.17. The maximum atomic E-state index is 12.9. The van der Waals surface area contributed by atoms with Crippen LogP contribution in [0.25, 0.3) is 0 Å². The third-order valence-corrected chi connectivity index (χ3v) is 6.49. The van der Waals surface area contributed by atoms with E-state index in [1.165, 1.54) is 16.6 Å². The molecule has 140 valence electrons. The van der Waals surface area contributed by atoms with Gasteiger partial charge in [-0.25, -0.2) is 13.4 Å². The van der Waals surface area contributed by atoms with E-state index < -0.39 is 10.0 Å². The van der Waals surface area contributed by atoms with Crippen LogP contribution in [-0.4, -0.2) is 67.3 Å². The van der Waals surface area contributed by atoms with Crippen molar-refractivity contribution in [3.8, 4) is 0 Å². The number of anilines is 1. The lowest BCUT2D eigenvalue weighted by molar-refractivity contribution is -0.135. The van der Waals surface area contributed by atoms with Gasteiger partial charge in [0, 0.05) is 38.4 Å². The zero-order valence-electron chi connectivity index (χ0n) is 13.5. The van der Waals surface area contributed by atoms with E-state index in [0.717, 1.165) is 13.0 Å². The molecule has 0 saturated carbocycles. The van der Waals surface area contributed by atoms with Crippen molar-refractivity contribution in [2.45, 2.75) is 23.8 Å². The number of amides is 1. The van der Waals surface area contributed by atoms with Gasteiger partial charge in [-0.2, -0.15) is 4.31 Å². The monoisotopic (exact) mass is 409 g/mol. The van der Waals surface area contributed by atoms with Crippen LogP contribution >= 0.6 is 24.0 Å². The second-order valence-corrected chi connectivity index (χ2v) is 8.30. The van der Waals surface area contributed by atoms with Crippen molar-refractivity contribution in [2.75, 3.05) is 38.5 Å². The van der Waals surface area contributed by atoms with Crippen molar-refractivity contribution in [1.82, 2.24) is 19.5 Å². The van der Waals surface area contributed by atoms with Gasteiger partial charge < -0.3 is 16.0 Å². The lowest BCUT2D eigenvalue weighted by Gasteiger charge is -2.40. The molecule has 2 fully saturated rings. The van der Waals surface area contributed by atoms with Gasteiger partial charge in [-0.3, -0.25) is 4.79 Å². The highest BCUT2D eigenvalue weighted by atomic mass is 35.5. The van der Waals surface area contributed by atoms with Crippen LogP contribution < -0.4 is 11.1 Å². The molecule has 0 aliphatic carbocycles. The number of nitrogen functional groups attached to an aromatic ring is 1. The number of nitrogens with two attached hydrogens (primary N) is 1. The van der Waals surface area contributed by atoms with Gasteiger partial charge in [0.2, 0.25) is 15.9 Å². The molecular weight excluding hydrogens is 389 g/mol. The molecule has 0 aromatic carbocycles. The first-order valence-corrected chi connectivity index (χ1v) is 9.63. The lowest BCUT2D eigenvalue weighted by Crippen LogP contribution is -2.57. The molecule has 2 aliphatic rings. The molecule has 1 amide bonds. The fourth-order valence-electron chi connectivity index (χ4n) is 3.18. The highest BCUT2D eigenvalue weighted by Crippen LogP contribution is 2.27. The minimum absolute atomic E-state index is 0. The van der Waals surface area contributed by atoms with Crippen molar-refractivity contribution in [3.05, 3.63) is 17.3 Å². The highest BCUT2D eigenvalue weighted by molar-refractivity contribution is 7.89. The Labute approximate surface area is 158 Å². The zero-order chi connectivity index (χ0) is 17.3. The number of carbonyl (C=O) groups is 1. The summed E-state index contributed by atoms with van der Waals surface area (Å²) < 4.78 is 27.2. The normalized spacial score (nSPS) is 22.5. The second-order valence-electron chi connectivity index (χ2n) is 5.96. The first kappa shape index (κ1) is 20.2. The van der Waals surface area contributed by atoms with E-state index in [-0.39, 0.29) is 46.6 Å². The molecule has 1 atom stereocenters. The number of rotatable bonds is 3. The molecule has 3 N–H and O–H groups in total. The number of nitrogens with one attached hydrogen (secondary N) is 1. The summed E-state index contributed by atoms with van der Waals surface area (Å²) in [6.45, 7) is 2.28. The Kier molecular flexibility index (Phi) is 6.50. The lowest BCUT2D eigenvalue weighted by atomic mass is 10.1. The fraction of sp³-hybridized carbons (Fsp3) is 0.571. The molecule has 11 heteroatoms. The number of nitrogens with zero attached hydrogens (tertiary/aromatic N) is 3. The Hall–Kier alpha value is -1.13. The number of hydrogen-bond donors (Lipinski definition) is 2. The molecule has 2 aliphatic heterocycles. The molecule has 3 rings (SSSR count). The Morgan fingerprint density at radius 2 is 2.12 bits per heavy atom. The van der Waals surface area contributed by atoms with Crippen molar-refractivity contribution in [3.63, 3.8) is 0 Å². The van der Waals surface area contributed by atoms with Gasteiger partial charge in [0.15, 0.2) is 0 Å². The molecule has 8 nitrogen and oxygen atoms in total. The van der Waals surface area contributed by atoms with Gasteiger partial charge in [0.05, 0.1) is 11.6 Å². The van der Waals surface area contributed by atoms with Crippen LogP contribution in [0.15, 0.2) is 17.2 Å². The van der Waals surface area contributed by atoms with Gasteiger partial charge in [-0.15, -0.1) is 12.4 Å². The van der Waals surface area contributed by atoms with Crippen molar-refractivity contribution in [2.24, 2.45) is 0 Å². The number of pyridine rings is 1. The predicted molar refractivity (Wildman–Crippen MR) is 97.3 cm³/mol. The molecule has 0 spiro atoms. The summed E-state index contributed by atoms with van der Waals surface area (Å²) >= 11 is 5.87. The quantitative estimate of drug-likeness (QED) is 0.743. The van der Waals surface area contributed by atoms with Crippen LogP contribution in [0.1, 0.15) is 12.8 Å². The minimum atomic E-state index is -3.80. The fourth-order valence-corrected chi connectivity index (χ4v) is 5.01. The van der Waals surface area contributed by atoms with Gasteiger partial charge >= 0.3 is 0 Å². The summed E-state index contributed by atoms with van der Waals surface area (Å²) in [5.41, 5.74) is 5.73. The van der Waals surface area contributed by atoms with Crippen molar-refractivity contribution in [1.29, 1.82) is 0 Å². The molecule has 25 heavy (non-hydrogen) atoms. The molecular formula is C14H21Cl2N5O3S. The summed E-state index contributed by atoms with van der Waals surface area (Å²) in [5.74, 6) is -0.0609. The summed E-state index contributed by atoms with van der Waals surface area (Å²) in [7, 11) is -3.80. The minimum Gasteiger partial charge on any atom is -0.383 e. The number of sulfonamides is 1. The Morgan fingerprint density at radius 1 is 1.36 bits per heavy atom. The Bertz CT molecular complexity index is 746. The number of aromatic nitrogens is 1. The first-order chi connectivity index (χ1) is 11.4. The van der Waals surface area contributed by atoms with E-state index in [0.29, 0.717) is 26.1 Å². The van der Waals surface area contributed by atoms with Crippen molar-refractivity contribution >= 4 is 45.8 Å². The number of halogens is 2. The summed E-state index contributed by atoms with van der Waals surface area (Å²) in [5, 5.41) is 3.24. The number of carbonyl (C=O) groups excluding carboxylic acids is 1. The van der Waals surface area contributed by atoms with E-state index in [1.807, 2.05) is 0 Å². The zero-order valence-corrected chi connectivity index (χ0v) is 15.9. The largest absolute Gasteiger partial charge is 0.383 e. The average Bonchev–Trinajstić information content (AvgIpc) is 2.57. The third-order valence-electron chi connectivity index (χ3n) is 4.39. The van der Waals surface area contributed by atoms with E-state index in [9.17, 15) is 13.2 Å². The molecule has 0 bridgehead atoms. The van der Waals surface area contributed by atoms with E-state index >= 15 is 0 Å². The Morgan fingerprint density at radius 3 is 2.84 bits per heavy atom. The molecule has 0 radical (unpaired) electrons. The molecule has 1 unspecified atom stereocenters. The molecule has 1 aromatic heterocycles. The summed E-state index contributed by atoms with van der Waals surface area (Å²) in [6, 6.07) is 1.20. The van der Waals surface area contributed by atoms with Crippen LogP contribution in [0, 0.1) is 0 Å². The number of piperazine rings is 1. The molecule has 2 saturated heterocycles.